The van der Waals surface area contributed by atoms with Crippen molar-refractivity contribution in [3.05, 3.63) is 77.3 Å². The molecule has 0 radical (unpaired) electrons. The smallest absolute Gasteiger partial charge is 0.243 e. The van der Waals surface area contributed by atoms with Crippen molar-refractivity contribution in [2.24, 2.45) is 7.05 Å². The molecule has 2 heterocycles. The van der Waals surface area contributed by atoms with Crippen molar-refractivity contribution in [2.75, 3.05) is 0 Å². The highest BCUT2D eigenvalue weighted by Gasteiger charge is 2.26. The van der Waals surface area contributed by atoms with Gasteiger partial charge in [-0.05, 0) is 29.8 Å². The zero-order valence-corrected chi connectivity index (χ0v) is 14.7. The molecule has 0 saturated heterocycles. The predicted molar refractivity (Wildman–Crippen MR) is 91.0 cm³/mol. The lowest BCUT2D eigenvalue weighted by Gasteiger charge is -2.19. The van der Waals surface area contributed by atoms with Gasteiger partial charge < -0.3 is 4.57 Å². The molecule has 0 aliphatic carbocycles. The first-order valence-electron chi connectivity index (χ1n) is 7.23. The zero-order chi connectivity index (χ0) is 18.0. The molecule has 3 aromatic rings. The number of halogens is 2. The minimum Gasteiger partial charge on any atom is -0.336 e. The minimum absolute atomic E-state index is 0.0294. The lowest BCUT2D eigenvalue weighted by molar-refractivity contribution is 0.562. The maximum atomic E-state index is 13.2. The van der Waals surface area contributed by atoms with E-state index < -0.39 is 21.9 Å². The molecule has 0 aliphatic heterocycles. The molecule has 3 rings (SSSR count). The highest BCUT2D eigenvalue weighted by molar-refractivity contribution is 7.89. The zero-order valence-electron chi connectivity index (χ0n) is 13.1. The summed E-state index contributed by atoms with van der Waals surface area (Å²) in [5.41, 5.74) is 0.557. The van der Waals surface area contributed by atoms with Gasteiger partial charge in [0.2, 0.25) is 10.0 Å². The second-order valence-corrected chi connectivity index (χ2v) is 7.42. The van der Waals surface area contributed by atoms with Crippen LogP contribution in [0, 0.1) is 5.82 Å². The van der Waals surface area contributed by atoms with Gasteiger partial charge in [-0.25, -0.2) is 22.8 Å². The maximum absolute atomic E-state index is 13.2. The second kappa shape index (κ2) is 6.91. The molecule has 25 heavy (non-hydrogen) atoms. The van der Waals surface area contributed by atoms with Crippen molar-refractivity contribution in [2.45, 2.75) is 10.9 Å². The van der Waals surface area contributed by atoms with E-state index >= 15 is 0 Å². The van der Waals surface area contributed by atoms with Crippen molar-refractivity contribution in [1.82, 2.24) is 19.3 Å². The Bertz CT molecular complexity index is 972. The first kappa shape index (κ1) is 17.5. The van der Waals surface area contributed by atoms with Crippen LogP contribution in [0.4, 0.5) is 4.39 Å². The highest BCUT2D eigenvalue weighted by atomic mass is 35.5. The molecule has 1 unspecified atom stereocenters. The SMILES string of the molecule is Cn1ccnc1C(NS(=O)(=O)c1ccc(Cl)nc1)c1ccc(F)cc1. The number of aryl methyl sites for hydroxylation is 1. The Morgan fingerprint density at radius 1 is 1.16 bits per heavy atom. The van der Waals surface area contributed by atoms with E-state index in [4.69, 9.17) is 11.6 Å². The van der Waals surface area contributed by atoms with Crippen LogP contribution in [-0.4, -0.2) is 23.0 Å². The van der Waals surface area contributed by atoms with E-state index in [1.165, 1.54) is 42.6 Å². The quantitative estimate of drug-likeness (QED) is 0.690. The van der Waals surface area contributed by atoms with Crippen LogP contribution in [-0.2, 0) is 17.1 Å². The topological polar surface area (TPSA) is 76.9 Å². The van der Waals surface area contributed by atoms with Crippen molar-refractivity contribution in [3.63, 3.8) is 0 Å². The molecule has 0 saturated carbocycles. The Morgan fingerprint density at radius 3 is 2.44 bits per heavy atom. The largest absolute Gasteiger partial charge is 0.336 e. The van der Waals surface area contributed by atoms with Gasteiger partial charge in [-0.1, -0.05) is 23.7 Å². The van der Waals surface area contributed by atoms with Crippen LogP contribution in [0.3, 0.4) is 0 Å². The molecular weight excluding hydrogens is 367 g/mol. The molecule has 9 heteroatoms. The third kappa shape index (κ3) is 3.87. The fourth-order valence-corrected chi connectivity index (χ4v) is 3.56. The van der Waals surface area contributed by atoms with Gasteiger partial charge in [-0.2, -0.15) is 4.72 Å². The first-order valence-corrected chi connectivity index (χ1v) is 9.09. The average molecular weight is 381 g/mol. The number of nitrogens with zero attached hydrogens (tertiary/aromatic N) is 3. The molecule has 6 nitrogen and oxygen atoms in total. The molecule has 1 aromatic carbocycles. The van der Waals surface area contributed by atoms with Crippen molar-refractivity contribution in [3.8, 4) is 0 Å². The standard InChI is InChI=1S/C16H14ClFN4O2S/c1-22-9-8-19-16(22)15(11-2-4-12(18)5-3-11)21-25(23,24)13-6-7-14(17)20-10-13/h2-10,15,21H,1H3. The second-order valence-electron chi connectivity index (χ2n) is 5.32. The fraction of sp³-hybridized carbons (Fsp3) is 0.125. The van der Waals surface area contributed by atoms with Crippen LogP contribution in [0.2, 0.25) is 5.15 Å². The summed E-state index contributed by atoms with van der Waals surface area (Å²) in [5, 5.41) is 0.193. The molecule has 0 fully saturated rings. The number of rotatable bonds is 5. The summed E-state index contributed by atoms with van der Waals surface area (Å²) < 4.78 is 42.9. The lowest BCUT2D eigenvalue weighted by atomic mass is 10.1. The van der Waals surface area contributed by atoms with E-state index in [-0.39, 0.29) is 10.0 Å². The van der Waals surface area contributed by atoms with Gasteiger partial charge in [0.25, 0.3) is 0 Å². The molecular formula is C16H14ClFN4O2S. The van der Waals surface area contributed by atoms with E-state index in [0.717, 1.165) is 0 Å². The van der Waals surface area contributed by atoms with Gasteiger partial charge in [0.05, 0.1) is 0 Å². The number of hydrogen-bond acceptors (Lipinski definition) is 4. The number of benzene rings is 1. The van der Waals surface area contributed by atoms with E-state index in [2.05, 4.69) is 14.7 Å². The summed E-state index contributed by atoms with van der Waals surface area (Å²) in [6.07, 6.45) is 4.43. The maximum Gasteiger partial charge on any atom is 0.243 e. The summed E-state index contributed by atoms with van der Waals surface area (Å²) in [6, 6.07) is 7.52. The number of pyridine rings is 1. The van der Waals surface area contributed by atoms with Crippen LogP contribution in [0.25, 0.3) is 0 Å². The van der Waals surface area contributed by atoms with Crippen LogP contribution >= 0.6 is 11.6 Å². The van der Waals surface area contributed by atoms with Gasteiger partial charge in [-0.3, -0.25) is 0 Å². The Hall–Kier alpha value is -2.29. The predicted octanol–water partition coefficient (Wildman–Crippen LogP) is 2.68. The first-order chi connectivity index (χ1) is 11.9. The third-order valence-corrected chi connectivity index (χ3v) is 5.24. The Morgan fingerprint density at radius 2 is 1.88 bits per heavy atom. The number of hydrogen-bond donors (Lipinski definition) is 1. The number of sulfonamides is 1. The Balaban J connectivity index is 2.02. The number of nitrogens with one attached hydrogen (secondary N) is 1. The average Bonchev–Trinajstić information content (AvgIpc) is 3.00. The number of imidazole rings is 1. The molecule has 0 spiro atoms. The van der Waals surface area contributed by atoms with E-state index in [9.17, 15) is 12.8 Å². The van der Waals surface area contributed by atoms with Crippen molar-refractivity contribution >= 4 is 21.6 Å². The monoisotopic (exact) mass is 380 g/mol. The molecule has 1 atom stereocenters. The molecule has 130 valence electrons. The summed E-state index contributed by atoms with van der Waals surface area (Å²) in [5.74, 6) is 0.0594. The molecule has 1 N–H and O–H groups in total. The summed E-state index contributed by atoms with van der Waals surface area (Å²) in [7, 11) is -2.15. The highest BCUT2D eigenvalue weighted by Crippen LogP contribution is 2.23. The van der Waals surface area contributed by atoms with Crippen LogP contribution in [0.5, 0.6) is 0 Å². The van der Waals surface area contributed by atoms with Gasteiger partial charge in [-0.15, -0.1) is 0 Å². The van der Waals surface area contributed by atoms with Crippen molar-refractivity contribution in [1.29, 1.82) is 0 Å². The molecule has 2 aromatic heterocycles. The van der Waals surface area contributed by atoms with E-state index in [0.29, 0.717) is 11.4 Å². The van der Waals surface area contributed by atoms with Gasteiger partial charge >= 0.3 is 0 Å². The number of aromatic nitrogens is 3. The van der Waals surface area contributed by atoms with Gasteiger partial charge in [0.1, 0.15) is 27.7 Å². The van der Waals surface area contributed by atoms with E-state index in [1.54, 1.807) is 24.0 Å². The Kier molecular flexibility index (Phi) is 4.85. The molecule has 0 aliphatic rings. The summed E-state index contributed by atoms with van der Waals surface area (Å²) in [4.78, 5) is 7.98. The third-order valence-electron chi connectivity index (χ3n) is 3.60. The summed E-state index contributed by atoms with van der Waals surface area (Å²) >= 11 is 5.71. The van der Waals surface area contributed by atoms with Crippen LogP contribution in [0.15, 0.2) is 59.9 Å². The van der Waals surface area contributed by atoms with Crippen molar-refractivity contribution < 1.29 is 12.8 Å². The Labute approximate surface area is 149 Å². The summed E-state index contributed by atoms with van der Waals surface area (Å²) in [6.45, 7) is 0. The normalized spacial score (nSPS) is 12.9. The van der Waals surface area contributed by atoms with Crippen LogP contribution in [0.1, 0.15) is 17.4 Å². The molecule has 0 amide bonds. The van der Waals surface area contributed by atoms with Gasteiger partial charge in [0, 0.05) is 25.6 Å². The molecule has 0 bridgehead atoms. The lowest BCUT2D eigenvalue weighted by Crippen LogP contribution is -2.31. The van der Waals surface area contributed by atoms with Gasteiger partial charge in [0.15, 0.2) is 0 Å². The van der Waals surface area contributed by atoms with Crippen LogP contribution < -0.4 is 4.72 Å². The minimum atomic E-state index is -3.90. The van der Waals surface area contributed by atoms with E-state index in [1.807, 2.05) is 0 Å². The fourth-order valence-electron chi connectivity index (χ4n) is 2.32.